The number of rotatable bonds is 1. The van der Waals surface area contributed by atoms with Crippen molar-refractivity contribution in [3.05, 3.63) is 28.8 Å². The number of hydrogen-bond donors (Lipinski definition) is 0. The molecule has 13 heavy (non-hydrogen) atoms. The van der Waals surface area contributed by atoms with Crippen LogP contribution in [0.2, 0.25) is 5.02 Å². The van der Waals surface area contributed by atoms with Gasteiger partial charge in [-0.3, -0.25) is 0 Å². The van der Waals surface area contributed by atoms with Crippen molar-refractivity contribution in [1.82, 2.24) is 0 Å². The molecule has 68 valence electrons. The molecule has 1 nitrogen and oxygen atoms in total. The van der Waals surface area contributed by atoms with Gasteiger partial charge in [-0.05, 0) is 18.2 Å². The van der Waals surface area contributed by atoms with Gasteiger partial charge in [0.1, 0.15) is 5.75 Å². The molecular formula is C10H8BrClO. The van der Waals surface area contributed by atoms with E-state index in [1.165, 1.54) is 0 Å². The van der Waals surface area contributed by atoms with E-state index in [1.54, 1.807) is 25.3 Å². The minimum atomic E-state index is 0.642. The lowest BCUT2D eigenvalue weighted by Crippen LogP contribution is -1.87. The third-order valence-corrected chi connectivity index (χ3v) is 1.97. The molecule has 0 radical (unpaired) electrons. The van der Waals surface area contributed by atoms with Crippen LogP contribution < -0.4 is 4.74 Å². The standard InChI is InChI=1S/C10H8BrClO/c1-13-10-5-4-9(12)7-8(10)3-2-6-11/h4-5,7H,6H2,1H3. The van der Waals surface area contributed by atoms with Crippen LogP contribution >= 0.6 is 27.5 Å². The van der Waals surface area contributed by atoms with E-state index >= 15 is 0 Å². The summed E-state index contributed by atoms with van der Waals surface area (Å²) in [5, 5.41) is 1.31. The lowest BCUT2D eigenvalue weighted by Gasteiger charge is -2.02. The average molecular weight is 260 g/mol. The molecule has 0 amide bonds. The minimum absolute atomic E-state index is 0.642. The Morgan fingerprint density at radius 2 is 2.31 bits per heavy atom. The second-order valence-electron chi connectivity index (χ2n) is 2.28. The van der Waals surface area contributed by atoms with Crippen molar-refractivity contribution in [3.63, 3.8) is 0 Å². The molecule has 0 unspecified atom stereocenters. The van der Waals surface area contributed by atoms with Crippen LogP contribution in [0, 0.1) is 11.8 Å². The molecule has 0 saturated carbocycles. The van der Waals surface area contributed by atoms with Gasteiger partial charge in [-0.15, -0.1) is 0 Å². The van der Waals surface area contributed by atoms with E-state index in [9.17, 15) is 0 Å². The highest BCUT2D eigenvalue weighted by Crippen LogP contribution is 2.21. The zero-order valence-electron chi connectivity index (χ0n) is 7.10. The van der Waals surface area contributed by atoms with Crippen LogP contribution in [-0.4, -0.2) is 12.4 Å². The Hall–Kier alpha value is -0.650. The van der Waals surface area contributed by atoms with Crippen molar-refractivity contribution < 1.29 is 4.74 Å². The lowest BCUT2D eigenvalue weighted by molar-refractivity contribution is 0.413. The predicted octanol–water partition coefficient (Wildman–Crippen LogP) is 3.10. The summed E-state index contributed by atoms with van der Waals surface area (Å²) in [6.45, 7) is 0. The summed E-state index contributed by atoms with van der Waals surface area (Å²) in [5.74, 6) is 6.59. The van der Waals surface area contributed by atoms with E-state index in [1.807, 2.05) is 0 Å². The van der Waals surface area contributed by atoms with Crippen LogP contribution in [0.5, 0.6) is 5.75 Å². The van der Waals surface area contributed by atoms with Crippen LogP contribution in [0.4, 0.5) is 0 Å². The number of benzene rings is 1. The van der Waals surface area contributed by atoms with E-state index in [0.717, 1.165) is 11.3 Å². The Morgan fingerprint density at radius 1 is 1.54 bits per heavy atom. The summed E-state index contributed by atoms with van der Waals surface area (Å²) in [7, 11) is 1.61. The largest absolute Gasteiger partial charge is 0.495 e. The average Bonchev–Trinajstić information content (AvgIpc) is 2.15. The van der Waals surface area contributed by atoms with Crippen LogP contribution in [0.25, 0.3) is 0 Å². The monoisotopic (exact) mass is 258 g/mol. The number of methoxy groups -OCH3 is 1. The number of alkyl halides is 1. The Kier molecular flexibility index (Phi) is 4.14. The summed E-state index contributed by atoms with van der Waals surface area (Å²) >= 11 is 9.04. The Morgan fingerprint density at radius 3 is 2.92 bits per heavy atom. The van der Waals surface area contributed by atoms with Gasteiger partial charge in [0.15, 0.2) is 0 Å². The van der Waals surface area contributed by atoms with Gasteiger partial charge in [0.25, 0.3) is 0 Å². The van der Waals surface area contributed by atoms with Gasteiger partial charge >= 0.3 is 0 Å². The van der Waals surface area contributed by atoms with Crippen molar-refractivity contribution in [3.8, 4) is 17.6 Å². The third kappa shape index (κ3) is 2.95. The molecule has 0 aliphatic heterocycles. The van der Waals surface area contributed by atoms with Crippen molar-refractivity contribution in [1.29, 1.82) is 0 Å². The smallest absolute Gasteiger partial charge is 0.134 e. The number of hydrogen-bond acceptors (Lipinski definition) is 1. The maximum absolute atomic E-state index is 5.82. The van der Waals surface area contributed by atoms with Gasteiger partial charge in [0, 0.05) is 5.02 Å². The second kappa shape index (κ2) is 5.16. The molecule has 0 N–H and O–H groups in total. The van der Waals surface area contributed by atoms with E-state index in [-0.39, 0.29) is 0 Å². The zero-order chi connectivity index (χ0) is 9.68. The molecule has 0 aliphatic rings. The summed E-state index contributed by atoms with van der Waals surface area (Å²) in [5.41, 5.74) is 0.814. The highest BCUT2D eigenvalue weighted by molar-refractivity contribution is 9.09. The van der Waals surface area contributed by atoms with Gasteiger partial charge in [-0.1, -0.05) is 39.4 Å². The van der Waals surface area contributed by atoms with Crippen LogP contribution in [0.15, 0.2) is 18.2 Å². The molecule has 0 heterocycles. The molecule has 1 rings (SSSR count). The normalized spacial score (nSPS) is 8.85. The fourth-order valence-electron chi connectivity index (χ4n) is 0.907. The first-order valence-electron chi connectivity index (χ1n) is 3.66. The predicted molar refractivity (Wildman–Crippen MR) is 58.7 cm³/mol. The van der Waals surface area contributed by atoms with Gasteiger partial charge < -0.3 is 4.74 Å². The van der Waals surface area contributed by atoms with Gasteiger partial charge in [0.05, 0.1) is 18.0 Å². The van der Waals surface area contributed by atoms with Crippen molar-refractivity contribution in [2.24, 2.45) is 0 Å². The summed E-state index contributed by atoms with van der Waals surface area (Å²) < 4.78 is 5.12. The quantitative estimate of drug-likeness (QED) is 0.556. The van der Waals surface area contributed by atoms with Crippen molar-refractivity contribution in [2.45, 2.75) is 0 Å². The van der Waals surface area contributed by atoms with Crippen molar-refractivity contribution in [2.75, 3.05) is 12.4 Å². The molecule has 0 saturated heterocycles. The van der Waals surface area contributed by atoms with Crippen LogP contribution in [0.3, 0.4) is 0 Å². The molecule has 0 aromatic heterocycles. The first-order chi connectivity index (χ1) is 6.27. The molecular weight excluding hydrogens is 251 g/mol. The SMILES string of the molecule is COc1ccc(Cl)cc1C#CCBr. The molecule has 0 atom stereocenters. The minimum Gasteiger partial charge on any atom is -0.495 e. The fraction of sp³-hybridized carbons (Fsp3) is 0.200. The highest BCUT2D eigenvalue weighted by atomic mass is 79.9. The van der Waals surface area contributed by atoms with Crippen LogP contribution in [0.1, 0.15) is 5.56 Å². The van der Waals surface area contributed by atoms with E-state index in [2.05, 4.69) is 27.8 Å². The molecule has 0 spiro atoms. The second-order valence-corrected chi connectivity index (χ2v) is 3.28. The molecule has 0 aliphatic carbocycles. The molecule has 0 bridgehead atoms. The molecule has 1 aromatic rings. The van der Waals surface area contributed by atoms with E-state index in [0.29, 0.717) is 10.4 Å². The molecule has 3 heteroatoms. The molecule has 0 fully saturated rings. The van der Waals surface area contributed by atoms with E-state index in [4.69, 9.17) is 16.3 Å². The Labute approximate surface area is 91.2 Å². The summed E-state index contributed by atoms with van der Waals surface area (Å²) in [4.78, 5) is 0. The summed E-state index contributed by atoms with van der Waals surface area (Å²) in [6.07, 6.45) is 0. The van der Waals surface area contributed by atoms with Crippen molar-refractivity contribution >= 4 is 27.5 Å². The van der Waals surface area contributed by atoms with E-state index < -0.39 is 0 Å². The van der Waals surface area contributed by atoms with Gasteiger partial charge in [-0.2, -0.15) is 0 Å². The first-order valence-corrected chi connectivity index (χ1v) is 5.16. The maximum atomic E-state index is 5.82. The fourth-order valence-corrected chi connectivity index (χ4v) is 1.22. The Balaban J connectivity index is 3.08. The number of ether oxygens (including phenoxy) is 1. The Bertz CT molecular complexity index is 352. The lowest BCUT2D eigenvalue weighted by atomic mass is 10.2. The topological polar surface area (TPSA) is 9.23 Å². The third-order valence-electron chi connectivity index (χ3n) is 1.45. The van der Waals surface area contributed by atoms with Gasteiger partial charge in [-0.25, -0.2) is 0 Å². The summed E-state index contributed by atoms with van der Waals surface area (Å²) in [6, 6.07) is 5.37. The first kappa shape index (κ1) is 10.4. The van der Waals surface area contributed by atoms with Gasteiger partial charge in [0.2, 0.25) is 0 Å². The zero-order valence-corrected chi connectivity index (χ0v) is 9.45. The van der Waals surface area contributed by atoms with Crippen LogP contribution in [-0.2, 0) is 0 Å². The molecule has 1 aromatic carbocycles. The highest BCUT2D eigenvalue weighted by Gasteiger charge is 1.99. The number of halogens is 2. The maximum Gasteiger partial charge on any atom is 0.134 e.